The molecule has 2 N–H and O–H groups in total. The molecule has 3 rings (SSSR count). The van der Waals surface area contributed by atoms with Gasteiger partial charge in [-0.15, -0.1) is 0 Å². The fourth-order valence-electron chi connectivity index (χ4n) is 2.37. The number of nitrogens with zero attached hydrogens (tertiary/aromatic N) is 1. The molecule has 3 aromatic carbocycles. The predicted molar refractivity (Wildman–Crippen MR) is 123 cm³/mol. The van der Waals surface area contributed by atoms with Gasteiger partial charge in [-0.25, -0.2) is 5.43 Å². The monoisotopic (exact) mass is 547 g/mol. The molecule has 0 aliphatic rings. The molecule has 0 aromatic heterocycles. The molecule has 0 heterocycles. The van der Waals surface area contributed by atoms with Gasteiger partial charge < -0.3 is 5.32 Å². The van der Waals surface area contributed by atoms with Gasteiger partial charge in [0.2, 0.25) is 0 Å². The van der Waals surface area contributed by atoms with E-state index in [1.165, 1.54) is 0 Å². The van der Waals surface area contributed by atoms with Gasteiger partial charge in [-0.05, 0) is 92.6 Å². The average molecular weight is 548 g/mol. The SMILES string of the molecule is O=C(NN=Cc1cccc(I)c1)c1ccc(NC(=O)c2ccccc2Br)cc1. The third-order valence-electron chi connectivity index (χ3n) is 3.75. The fraction of sp³-hybridized carbons (Fsp3) is 0. The molecule has 0 aliphatic carbocycles. The summed E-state index contributed by atoms with van der Waals surface area (Å²) < 4.78 is 1.81. The molecule has 0 fully saturated rings. The van der Waals surface area contributed by atoms with Crippen LogP contribution in [0.15, 0.2) is 82.4 Å². The molecular weight excluding hydrogens is 533 g/mol. The number of carbonyl (C=O) groups is 2. The van der Waals surface area contributed by atoms with E-state index in [4.69, 9.17) is 0 Å². The highest BCUT2D eigenvalue weighted by atomic mass is 127. The summed E-state index contributed by atoms with van der Waals surface area (Å²) >= 11 is 5.57. The smallest absolute Gasteiger partial charge is 0.271 e. The minimum Gasteiger partial charge on any atom is -0.322 e. The first-order chi connectivity index (χ1) is 13.5. The van der Waals surface area contributed by atoms with Crippen molar-refractivity contribution in [1.29, 1.82) is 0 Å². The Hall–Kier alpha value is -2.52. The number of amides is 2. The van der Waals surface area contributed by atoms with E-state index < -0.39 is 0 Å². The first kappa shape index (κ1) is 20.2. The van der Waals surface area contributed by atoms with Gasteiger partial charge in [-0.1, -0.05) is 24.3 Å². The normalized spacial score (nSPS) is 10.6. The van der Waals surface area contributed by atoms with E-state index in [9.17, 15) is 9.59 Å². The van der Waals surface area contributed by atoms with Crippen LogP contribution in [0.25, 0.3) is 0 Å². The molecule has 0 spiro atoms. The molecule has 28 heavy (non-hydrogen) atoms. The Kier molecular flexibility index (Phi) is 6.94. The third-order valence-corrected chi connectivity index (χ3v) is 5.11. The Balaban J connectivity index is 1.60. The Bertz CT molecular complexity index is 1040. The molecular formula is C21H15BrIN3O2. The highest BCUT2D eigenvalue weighted by molar-refractivity contribution is 14.1. The molecule has 2 amide bonds. The molecule has 0 radical (unpaired) electrons. The van der Waals surface area contributed by atoms with Gasteiger partial charge in [0.05, 0.1) is 11.8 Å². The van der Waals surface area contributed by atoms with Crippen LogP contribution >= 0.6 is 38.5 Å². The zero-order valence-electron chi connectivity index (χ0n) is 14.5. The minimum absolute atomic E-state index is 0.230. The van der Waals surface area contributed by atoms with Crippen LogP contribution in [0.4, 0.5) is 5.69 Å². The Morgan fingerprint density at radius 3 is 2.39 bits per heavy atom. The zero-order chi connectivity index (χ0) is 19.9. The zero-order valence-corrected chi connectivity index (χ0v) is 18.3. The van der Waals surface area contributed by atoms with Gasteiger partial charge in [0, 0.05) is 19.3 Å². The first-order valence-electron chi connectivity index (χ1n) is 8.28. The second kappa shape index (κ2) is 9.61. The topological polar surface area (TPSA) is 70.6 Å². The van der Waals surface area contributed by atoms with Gasteiger partial charge in [-0.2, -0.15) is 5.10 Å². The van der Waals surface area contributed by atoms with Crippen LogP contribution in [-0.2, 0) is 0 Å². The second-order valence-electron chi connectivity index (χ2n) is 5.77. The lowest BCUT2D eigenvalue weighted by Gasteiger charge is -2.07. The maximum absolute atomic E-state index is 12.3. The summed E-state index contributed by atoms with van der Waals surface area (Å²) in [5.74, 6) is -0.558. The number of hydrazone groups is 1. The number of carbonyl (C=O) groups excluding carboxylic acids is 2. The number of hydrogen-bond acceptors (Lipinski definition) is 3. The summed E-state index contributed by atoms with van der Waals surface area (Å²) in [7, 11) is 0. The van der Waals surface area contributed by atoms with E-state index in [1.807, 2.05) is 30.3 Å². The maximum atomic E-state index is 12.3. The first-order valence-corrected chi connectivity index (χ1v) is 10.1. The van der Waals surface area contributed by atoms with Crippen LogP contribution in [-0.4, -0.2) is 18.0 Å². The lowest BCUT2D eigenvalue weighted by molar-refractivity contribution is 0.0954. The predicted octanol–water partition coefficient (Wildman–Crippen LogP) is 5.07. The van der Waals surface area contributed by atoms with Crippen molar-refractivity contribution in [1.82, 2.24) is 5.43 Å². The van der Waals surface area contributed by atoms with Crippen molar-refractivity contribution < 1.29 is 9.59 Å². The largest absolute Gasteiger partial charge is 0.322 e. The van der Waals surface area contributed by atoms with E-state index in [-0.39, 0.29) is 11.8 Å². The van der Waals surface area contributed by atoms with Crippen molar-refractivity contribution in [2.45, 2.75) is 0 Å². The van der Waals surface area contributed by atoms with Crippen molar-refractivity contribution in [3.63, 3.8) is 0 Å². The number of hydrogen-bond donors (Lipinski definition) is 2. The van der Waals surface area contributed by atoms with Crippen LogP contribution in [0.2, 0.25) is 0 Å². The quantitative estimate of drug-likeness (QED) is 0.266. The summed E-state index contributed by atoms with van der Waals surface area (Å²) in [6, 6.07) is 21.5. The molecule has 0 bridgehead atoms. The summed E-state index contributed by atoms with van der Waals surface area (Å²) in [6.07, 6.45) is 1.59. The number of benzene rings is 3. The summed E-state index contributed by atoms with van der Waals surface area (Å²) in [4.78, 5) is 24.5. The molecule has 0 saturated heterocycles. The van der Waals surface area contributed by atoms with Crippen molar-refractivity contribution in [2.75, 3.05) is 5.32 Å². The Labute approximate surface area is 184 Å². The van der Waals surface area contributed by atoms with Gasteiger partial charge in [0.15, 0.2) is 0 Å². The summed E-state index contributed by atoms with van der Waals surface area (Å²) in [5, 5.41) is 6.78. The fourth-order valence-corrected chi connectivity index (χ4v) is 3.40. The highest BCUT2D eigenvalue weighted by Gasteiger charge is 2.10. The van der Waals surface area contributed by atoms with Crippen molar-refractivity contribution in [3.05, 3.63) is 97.5 Å². The van der Waals surface area contributed by atoms with Gasteiger partial charge in [0.1, 0.15) is 0 Å². The summed E-state index contributed by atoms with van der Waals surface area (Å²) in [5.41, 5.74) is 4.97. The molecule has 0 atom stereocenters. The highest BCUT2D eigenvalue weighted by Crippen LogP contribution is 2.18. The van der Waals surface area contributed by atoms with Crippen LogP contribution in [0.1, 0.15) is 26.3 Å². The molecule has 0 saturated carbocycles. The van der Waals surface area contributed by atoms with Crippen LogP contribution < -0.4 is 10.7 Å². The van der Waals surface area contributed by atoms with E-state index in [2.05, 4.69) is 54.4 Å². The maximum Gasteiger partial charge on any atom is 0.271 e. The van der Waals surface area contributed by atoms with Gasteiger partial charge >= 0.3 is 0 Å². The van der Waals surface area contributed by atoms with Crippen LogP contribution in [0.3, 0.4) is 0 Å². The molecule has 140 valence electrons. The molecule has 7 heteroatoms. The standard InChI is InChI=1S/C21H15BrIN3O2/c22-19-7-2-1-6-18(19)21(28)25-17-10-8-15(9-11-17)20(27)26-24-13-14-4-3-5-16(23)12-14/h1-13H,(H,25,28)(H,26,27). The van der Waals surface area contributed by atoms with Crippen LogP contribution in [0.5, 0.6) is 0 Å². The number of halogens is 2. The number of rotatable bonds is 5. The van der Waals surface area contributed by atoms with E-state index >= 15 is 0 Å². The third kappa shape index (κ3) is 5.49. The van der Waals surface area contributed by atoms with E-state index in [0.29, 0.717) is 16.8 Å². The lowest BCUT2D eigenvalue weighted by Crippen LogP contribution is -2.18. The minimum atomic E-state index is -0.328. The van der Waals surface area contributed by atoms with Gasteiger partial charge in [0.25, 0.3) is 11.8 Å². The van der Waals surface area contributed by atoms with Gasteiger partial charge in [-0.3, -0.25) is 9.59 Å². The molecule has 0 unspecified atom stereocenters. The van der Waals surface area contributed by atoms with Crippen LogP contribution in [0, 0.1) is 3.57 Å². The van der Waals surface area contributed by atoms with Crippen molar-refractivity contribution in [3.8, 4) is 0 Å². The average Bonchev–Trinajstić information content (AvgIpc) is 2.69. The van der Waals surface area contributed by atoms with Crippen molar-refractivity contribution >= 4 is 62.2 Å². The van der Waals surface area contributed by atoms with E-state index in [0.717, 1.165) is 13.6 Å². The summed E-state index contributed by atoms with van der Waals surface area (Å²) in [6.45, 7) is 0. The number of anilines is 1. The lowest BCUT2D eigenvalue weighted by atomic mass is 10.1. The molecule has 3 aromatic rings. The molecule has 0 aliphatic heterocycles. The second-order valence-corrected chi connectivity index (χ2v) is 7.87. The van der Waals surface area contributed by atoms with E-state index in [1.54, 1.807) is 48.7 Å². The molecule has 5 nitrogen and oxygen atoms in total. The Morgan fingerprint density at radius 2 is 1.68 bits per heavy atom. The number of nitrogens with one attached hydrogen (secondary N) is 2. The Morgan fingerprint density at radius 1 is 0.929 bits per heavy atom. The van der Waals surface area contributed by atoms with Crippen molar-refractivity contribution in [2.24, 2.45) is 5.10 Å².